The largest absolute Gasteiger partial charge is 0.462 e. The van der Waals surface area contributed by atoms with E-state index in [1.54, 1.807) is 0 Å². The minimum atomic E-state index is -0.117. The Kier molecular flexibility index (Phi) is 4.48. The predicted octanol–water partition coefficient (Wildman–Crippen LogP) is 3.03. The molecule has 20 heavy (non-hydrogen) atoms. The van der Waals surface area contributed by atoms with Crippen molar-refractivity contribution < 1.29 is 9.53 Å². The van der Waals surface area contributed by atoms with E-state index < -0.39 is 0 Å². The van der Waals surface area contributed by atoms with Gasteiger partial charge in [0.15, 0.2) is 0 Å². The highest BCUT2D eigenvalue weighted by Gasteiger charge is 2.38. The summed E-state index contributed by atoms with van der Waals surface area (Å²) in [5, 5.41) is 0. The summed E-state index contributed by atoms with van der Waals surface area (Å²) in [7, 11) is 2.15. The number of benzene rings is 1. The zero-order chi connectivity index (χ0) is 14.8. The SMILES string of the molecule is CC1CC(OC(=O)Cc2ccccc2)CC(C)(C)N1C. The van der Waals surface area contributed by atoms with Crippen LogP contribution in [0, 0.1) is 0 Å². The van der Waals surface area contributed by atoms with E-state index in [1.807, 2.05) is 30.3 Å². The number of piperidine rings is 1. The number of ether oxygens (including phenoxy) is 1. The lowest BCUT2D eigenvalue weighted by Gasteiger charge is -2.47. The molecule has 1 fully saturated rings. The smallest absolute Gasteiger partial charge is 0.310 e. The fourth-order valence-corrected chi connectivity index (χ4v) is 3.00. The molecular formula is C17H25NO2. The fraction of sp³-hybridized carbons (Fsp3) is 0.588. The molecule has 2 rings (SSSR count). The number of rotatable bonds is 3. The molecule has 110 valence electrons. The minimum Gasteiger partial charge on any atom is -0.462 e. The molecule has 0 bridgehead atoms. The summed E-state index contributed by atoms with van der Waals surface area (Å²) in [5.41, 5.74) is 1.09. The quantitative estimate of drug-likeness (QED) is 0.794. The van der Waals surface area contributed by atoms with E-state index in [9.17, 15) is 4.79 Å². The number of likely N-dealkylation sites (tertiary alicyclic amines) is 1. The first kappa shape index (κ1) is 15.0. The molecular weight excluding hydrogens is 250 g/mol. The molecule has 0 radical (unpaired) electrons. The molecule has 0 aliphatic carbocycles. The zero-order valence-corrected chi connectivity index (χ0v) is 12.9. The second-order valence-corrected chi connectivity index (χ2v) is 6.49. The number of carbonyl (C=O) groups is 1. The Morgan fingerprint density at radius 2 is 2.00 bits per heavy atom. The number of nitrogens with zero attached hydrogens (tertiary/aromatic N) is 1. The molecule has 1 aliphatic rings. The van der Waals surface area contributed by atoms with E-state index in [-0.39, 0.29) is 17.6 Å². The summed E-state index contributed by atoms with van der Waals surface area (Å²) in [6.07, 6.45) is 2.21. The van der Waals surface area contributed by atoms with Crippen LogP contribution in [-0.2, 0) is 16.0 Å². The molecule has 1 aromatic rings. The summed E-state index contributed by atoms with van der Waals surface area (Å²) in [6.45, 7) is 6.61. The van der Waals surface area contributed by atoms with E-state index >= 15 is 0 Å². The maximum atomic E-state index is 12.0. The molecule has 0 saturated carbocycles. The van der Waals surface area contributed by atoms with Gasteiger partial charge in [0, 0.05) is 18.0 Å². The van der Waals surface area contributed by atoms with Crippen molar-refractivity contribution in [3.8, 4) is 0 Å². The summed E-state index contributed by atoms with van der Waals surface area (Å²) in [5.74, 6) is -0.117. The van der Waals surface area contributed by atoms with E-state index in [4.69, 9.17) is 4.74 Å². The van der Waals surface area contributed by atoms with Crippen LogP contribution >= 0.6 is 0 Å². The van der Waals surface area contributed by atoms with E-state index in [1.165, 1.54) is 0 Å². The topological polar surface area (TPSA) is 29.5 Å². The molecule has 1 saturated heterocycles. The van der Waals surface area contributed by atoms with Crippen LogP contribution in [0.4, 0.5) is 0 Å². The second kappa shape index (κ2) is 5.96. The van der Waals surface area contributed by atoms with Gasteiger partial charge in [-0.05, 0) is 39.8 Å². The third kappa shape index (κ3) is 3.60. The van der Waals surface area contributed by atoms with Gasteiger partial charge in [0.2, 0.25) is 0 Å². The van der Waals surface area contributed by atoms with Crippen molar-refractivity contribution in [1.82, 2.24) is 4.90 Å². The van der Waals surface area contributed by atoms with E-state index in [2.05, 4.69) is 32.7 Å². The van der Waals surface area contributed by atoms with Crippen molar-refractivity contribution in [3.63, 3.8) is 0 Å². The van der Waals surface area contributed by atoms with Crippen LogP contribution in [0.15, 0.2) is 30.3 Å². The van der Waals surface area contributed by atoms with Gasteiger partial charge in [-0.15, -0.1) is 0 Å². The Morgan fingerprint density at radius 3 is 2.60 bits per heavy atom. The van der Waals surface area contributed by atoms with Crippen LogP contribution in [0.5, 0.6) is 0 Å². The van der Waals surface area contributed by atoms with Crippen molar-refractivity contribution in [2.75, 3.05) is 7.05 Å². The average Bonchev–Trinajstić information content (AvgIpc) is 2.36. The van der Waals surface area contributed by atoms with Gasteiger partial charge in [0.05, 0.1) is 6.42 Å². The molecule has 3 nitrogen and oxygen atoms in total. The van der Waals surface area contributed by atoms with Gasteiger partial charge in [-0.2, -0.15) is 0 Å². The molecule has 0 aromatic heterocycles. The van der Waals surface area contributed by atoms with Crippen LogP contribution in [0.25, 0.3) is 0 Å². The van der Waals surface area contributed by atoms with E-state index in [0.717, 1.165) is 18.4 Å². The van der Waals surface area contributed by atoms with Gasteiger partial charge in [-0.3, -0.25) is 9.69 Å². The first-order chi connectivity index (χ1) is 9.38. The van der Waals surface area contributed by atoms with E-state index in [0.29, 0.717) is 12.5 Å². The molecule has 0 amide bonds. The monoisotopic (exact) mass is 275 g/mol. The Balaban J connectivity index is 1.92. The lowest BCUT2D eigenvalue weighted by atomic mass is 9.85. The maximum absolute atomic E-state index is 12.0. The molecule has 1 heterocycles. The summed E-state index contributed by atoms with van der Waals surface area (Å²) in [4.78, 5) is 14.4. The predicted molar refractivity (Wildman–Crippen MR) is 80.6 cm³/mol. The molecule has 1 aliphatic heterocycles. The van der Waals surface area contributed by atoms with Gasteiger partial charge >= 0.3 is 5.97 Å². The Morgan fingerprint density at radius 1 is 1.35 bits per heavy atom. The summed E-state index contributed by atoms with van der Waals surface area (Å²) >= 11 is 0. The minimum absolute atomic E-state index is 0.0346. The molecule has 1 aromatic carbocycles. The summed E-state index contributed by atoms with van der Waals surface area (Å²) in [6, 6.07) is 10.2. The lowest BCUT2D eigenvalue weighted by Crippen LogP contribution is -2.54. The highest BCUT2D eigenvalue weighted by atomic mass is 16.5. The van der Waals surface area contributed by atoms with Crippen LogP contribution in [0.2, 0.25) is 0 Å². The van der Waals surface area contributed by atoms with Crippen LogP contribution < -0.4 is 0 Å². The first-order valence-corrected chi connectivity index (χ1v) is 7.35. The highest BCUT2D eigenvalue weighted by Crippen LogP contribution is 2.31. The van der Waals surface area contributed by atoms with Gasteiger partial charge in [-0.1, -0.05) is 30.3 Å². The Labute approximate surface area is 121 Å². The van der Waals surface area contributed by atoms with Crippen LogP contribution in [0.3, 0.4) is 0 Å². The van der Waals surface area contributed by atoms with Gasteiger partial charge in [0.25, 0.3) is 0 Å². The fourth-order valence-electron chi connectivity index (χ4n) is 3.00. The van der Waals surface area contributed by atoms with Gasteiger partial charge in [0.1, 0.15) is 6.10 Å². The van der Waals surface area contributed by atoms with Crippen molar-refractivity contribution in [3.05, 3.63) is 35.9 Å². The van der Waals surface area contributed by atoms with Crippen molar-refractivity contribution in [2.45, 2.75) is 57.7 Å². The number of hydrogen-bond acceptors (Lipinski definition) is 3. The summed E-state index contributed by atoms with van der Waals surface area (Å²) < 4.78 is 5.68. The zero-order valence-electron chi connectivity index (χ0n) is 12.9. The van der Waals surface area contributed by atoms with Crippen molar-refractivity contribution in [1.29, 1.82) is 0 Å². The third-order valence-corrected chi connectivity index (χ3v) is 4.44. The Hall–Kier alpha value is -1.35. The van der Waals surface area contributed by atoms with Gasteiger partial charge in [-0.25, -0.2) is 0 Å². The number of esters is 1. The van der Waals surface area contributed by atoms with Crippen LogP contribution in [-0.4, -0.2) is 35.6 Å². The van der Waals surface area contributed by atoms with Crippen LogP contribution in [0.1, 0.15) is 39.2 Å². The van der Waals surface area contributed by atoms with Gasteiger partial charge < -0.3 is 4.74 Å². The number of carbonyl (C=O) groups excluding carboxylic acids is 1. The normalized spacial score (nSPS) is 26.2. The molecule has 0 spiro atoms. The standard InChI is InChI=1S/C17H25NO2/c1-13-10-15(12-17(2,3)18(13)4)20-16(19)11-14-8-6-5-7-9-14/h5-9,13,15H,10-12H2,1-4H3. The first-order valence-electron chi connectivity index (χ1n) is 7.35. The maximum Gasteiger partial charge on any atom is 0.310 e. The highest BCUT2D eigenvalue weighted by molar-refractivity contribution is 5.72. The second-order valence-electron chi connectivity index (χ2n) is 6.49. The molecule has 2 atom stereocenters. The molecule has 2 unspecified atom stereocenters. The number of hydrogen-bond donors (Lipinski definition) is 0. The lowest BCUT2D eigenvalue weighted by molar-refractivity contribution is -0.154. The van der Waals surface area contributed by atoms with Crippen molar-refractivity contribution >= 4 is 5.97 Å². The Bertz CT molecular complexity index is 455. The third-order valence-electron chi connectivity index (χ3n) is 4.44. The average molecular weight is 275 g/mol. The van der Waals surface area contributed by atoms with Crippen molar-refractivity contribution in [2.24, 2.45) is 0 Å². The molecule has 3 heteroatoms. The molecule has 0 N–H and O–H groups in total.